The topological polar surface area (TPSA) is 79.3 Å². The molecule has 0 saturated heterocycles. The van der Waals surface area contributed by atoms with Crippen LogP contribution in [0.5, 0.6) is 0 Å². The Morgan fingerprint density at radius 3 is 2.56 bits per heavy atom. The van der Waals surface area contributed by atoms with Gasteiger partial charge in [0, 0.05) is 30.0 Å². The smallest absolute Gasteiger partial charge is 0.303 e. The quantitative estimate of drug-likeness (QED) is 0.407. The van der Waals surface area contributed by atoms with Crippen molar-refractivity contribution in [3.8, 4) is 0 Å². The van der Waals surface area contributed by atoms with Crippen LogP contribution in [0.3, 0.4) is 0 Å². The molecule has 0 aliphatic rings. The zero-order chi connectivity index (χ0) is 19.5. The summed E-state index contributed by atoms with van der Waals surface area (Å²) in [6.07, 6.45) is 4.20. The Hall–Kier alpha value is -1.99. The molecule has 1 unspecified atom stereocenters. The summed E-state index contributed by atoms with van der Waals surface area (Å²) in [6, 6.07) is 13.5. The minimum atomic E-state index is -0.773. The van der Waals surface area contributed by atoms with Gasteiger partial charge in [-0.15, -0.1) is 0 Å². The van der Waals surface area contributed by atoms with E-state index < -0.39 is 5.97 Å². The molecule has 1 aromatic heterocycles. The highest BCUT2D eigenvalue weighted by Crippen LogP contribution is 2.41. The minimum Gasteiger partial charge on any atom is -0.481 e. The van der Waals surface area contributed by atoms with E-state index in [4.69, 9.17) is 5.11 Å². The Balaban J connectivity index is 1.73. The summed E-state index contributed by atoms with van der Waals surface area (Å²) in [7, 11) is 3.37. The van der Waals surface area contributed by atoms with Crippen molar-refractivity contribution >= 4 is 33.5 Å². The molecule has 0 aliphatic carbocycles. The lowest BCUT2D eigenvalue weighted by Gasteiger charge is -2.11. The molecular formula is C20H24N2O3S2. The number of hydrogen-bond donors (Lipinski definition) is 2. The van der Waals surface area contributed by atoms with Gasteiger partial charge < -0.3 is 10.4 Å². The first-order valence-electron chi connectivity index (χ1n) is 8.90. The number of amides is 1. The molecule has 27 heavy (non-hydrogen) atoms. The number of hydrogen-bond acceptors (Lipinski definition) is 5. The van der Waals surface area contributed by atoms with Crippen molar-refractivity contribution in [2.75, 3.05) is 6.54 Å². The number of carboxylic acid groups (broad SMARTS) is 1. The summed E-state index contributed by atoms with van der Waals surface area (Å²) in [4.78, 5) is 26.9. The molecule has 0 radical (unpaired) electrons. The molecule has 0 bridgehead atoms. The average Bonchev–Trinajstić information content (AvgIpc) is 2.69. The lowest BCUT2D eigenvalue weighted by atomic mass is 10.1. The number of nitrogens with one attached hydrogen (secondary N) is 1. The molecule has 0 saturated carbocycles. The van der Waals surface area contributed by atoms with Crippen molar-refractivity contribution in [1.82, 2.24) is 10.3 Å². The molecule has 7 heteroatoms. The minimum absolute atomic E-state index is 0.0945. The Morgan fingerprint density at radius 2 is 1.89 bits per heavy atom. The summed E-state index contributed by atoms with van der Waals surface area (Å²) in [5.41, 5.74) is 1.80. The van der Waals surface area contributed by atoms with E-state index in [-0.39, 0.29) is 17.6 Å². The Kier molecular flexibility index (Phi) is 9.21. The summed E-state index contributed by atoms with van der Waals surface area (Å²) >= 11 is 0. The third-order valence-corrected chi connectivity index (χ3v) is 6.65. The van der Waals surface area contributed by atoms with Crippen LogP contribution in [-0.2, 0) is 4.79 Å². The third-order valence-electron chi connectivity index (χ3n) is 3.91. The molecule has 0 aliphatic heterocycles. The number of unbranched alkanes of at least 4 members (excludes halogenated alkanes) is 2. The molecule has 2 aromatic rings. The zero-order valence-corrected chi connectivity index (χ0v) is 16.9. The van der Waals surface area contributed by atoms with Crippen molar-refractivity contribution in [1.29, 1.82) is 0 Å². The SMILES string of the molecule is CC(SSc1ccccn1)c1ccc(C(=O)NCCCCCC(=O)O)cc1. The second-order valence-corrected chi connectivity index (χ2v) is 8.63. The Morgan fingerprint density at radius 1 is 1.11 bits per heavy atom. The van der Waals surface area contributed by atoms with Gasteiger partial charge in [-0.2, -0.15) is 0 Å². The van der Waals surface area contributed by atoms with E-state index in [2.05, 4.69) is 17.2 Å². The van der Waals surface area contributed by atoms with Crippen LogP contribution in [0.15, 0.2) is 53.7 Å². The first-order chi connectivity index (χ1) is 13.1. The molecular weight excluding hydrogens is 380 g/mol. The Bertz CT molecular complexity index is 724. The zero-order valence-electron chi connectivity index (χ0n) is 15.3. The van der Waals surface area contributed by atoms with Gasteiger partial charge in [-0.1, -0.05) is 35.4 Å². The number of rotatable bonds is 11. The van der Waals surface area contributed by atoms with E-state index >= 15 is 0 Å². The summed E-state index contributed by atoms with van der Waals surface area (Å²) in [6.45, 7) is 2.69. The number of aromatic nitrogens is 1. The number of nitrogens with zero attached hydrogens (tertiary/aromatic N) is 1. The van der Waals surface area contributed by atoms with Crippen LogP contribution >= 0.6 is 21.6 Å². The van der Waals surface area contributed by atoms with Crippen LogP contribution in [-0.4, -0.2) is 28.5 Å². The molecule has 1 heterocycles. The maximum absolute atomic E-state index is 12.2. The van der Waals surface area contributed by atoms with Gasteiger partial charge in [-0.25, -0.2) is 4.98 Å². The highest BCUT2D eigenvalue weighted by atomic mass is 33.1. The van der Waals surface area contributed by atoms with Crippen LogP contribution in [0.2, 0.25) is 0 Å². The first-order valence-corrected chi connectivity index (χ1v) is 11.1. The fourth-order valence-electron chi connectivity index (χ4n) is 2.36. The largest absolute Gasteiger partial charge is 0.481 e. The van der Waals surface area contributed by atoms with Crippen molar-refractivity contribution in [3.63, 3.8) is 0 Å². The highest BCUT2D eigenvalue weighted by Gasteiger charge is 2.10. The van der Waals surface area contributed by atoms with Crippen molar-refractivity contribution in [2.45, 2.75) is 42.9 Å². The number of benzene rings is 1. The van der Waals surface area contributed by atoms with E-state index in [1.165, 1.54) is 0 Å². The number of carboxylic acids is 1. The van der Waals surface area contributed by atoms with E-state index in [0.29, 0.717) is 18.5 Å². The summed E-state index contributed by atoms with van der Waals surface area (Å²) in [5, 5.41) is 12.7. The van der Waals surface area contributed by atoms with E-state index in [0.717, 1.165) is 23.4 Å². The number of aliphatic carboxylic acids is 1. The van der Waals surface area contributed by atoms with Crippen LogP contribution in [0.25, 0.3) is 0 Å². The lowest BCUT2D eigenvalue weighted by Crippen LogP contribution is -2.24. The number of pyridine rings is 1. The molecule has 1 aromatic carbocycles. The predicted molar refractivity (Wildman–Crippen MR) is 111 cm³/mol. The van der Waals surface area contributed by atoms with Gasteiger partial charge in [0.2, 0.25) is 0 Å². The normalized spacial score (nSPS) is 11.7. The third kappa shape index (κ3) is 8.05. The van der Waals surface area contributed by atoms with Gasteiger partial charge in [-0.3, -0.25) is 9.59 Å². The van der Waals surface area contributed by atoms with Gasteiger partial charge in [0.25, 0.3) is 5.91 Å². The van der Waals surface area contributed by atoms with E-state index in [1.54, 1.807) is 27.8 Å². The van der Waals surface area contributed by atoms with Crippen LogP contribution in [0.1, 0.15) is 53.8 Å². The molecule has 2 N–H and O–H groups in total. The molecule has 5 nitrogen and oxygen atoms in total. The number of carbonyl (C=O) groups excluding carboxylic acids is 1. The van der Waals surface area contributed by atoms with Gasteiger partial charge in [0.15, 0.2) is 0 Å². The van der Waals surface area contributed by atoms with Gasteiger partial charge in [0.05, 0.1) is 0 Å². The summed E-state index contributed by atoms with van der Waals surface area (Å²) < 4.78 is 0. The standard InChI is InChI=1S/C20H24N2O3S2/c1-15(26-27-18-7-4-6-13-21-18)16-9-11-17(12-10-16)20(25)22-14-5-2-3-8-19(23)24/h4,6-7,9-13,15H,2-3,5,8,14H2,1H3,(H,22,25)(H,23,24). The number of carbonyl (C=O) groups is 2. The van der Waals surface area contributed by atoms with Gasteiger partial charge in [-0.05, 0) is 60.4 Å². The second-order valence-electron chi connectivity index (χ2n) is 6.07. The van der Waals surface area contributed by atoms with Crippen molar-refractivity contribution in [3.05, 3.63) is 59.8 Å². The maximum Gasteiger partial charge on any atom is 0.303 e. The summed E-state index contributed by atoms with van der Waals surface area (Å²) in [5.74, 6) is -0.868. The molecule has 0 fully saturated rings. The lowest BCUT2D eigenvalue weighted by molar-refractivity contribution is -0.137. The fourth-order valence-corrected chi connectivity index (χ4v) is 4.47. The van der Waals surface area contributed by atoms with Crippen molar-refractivity contribution in [2.24, 2.45) is 0 Å². The van der Waals surface area contributed by atoms with Gasteiger partial charge in [0.1, 0.15) is 5.03 Å². The predicted octanol–water partition coefficient (Wildman–Crippen LogP) is 4.96. The second kappa shape index (κ2) is 11.7. The first kappa shape index (κ1) is 21.3. The molecule has 1 atom stereocenters. The molecule has 1 amide bonds. The van der Waals surface area contributed by atoms with Crippen LogP contribution in [0, 0.1) is 0 Å². The Labute approximate surface area is 167 Å². The van der Waals surface area contributed by atoms with Gasteiger partial charge >= 0.3 is 5.97 Å². The molecule has 144 valence electrons. The van der Waals surface area contributed by atoms with E-state index in [9.17, 15) is 9.59 Å². The van der Waals surface area contributed by atoms with Crippen molar-refractivity contribution < 1.29 is 14.7 Å². The highest BCUT2D eigenvalue weighted by molar-refractivity contribution is 8.76. The van der Waals surface area contributed by atoms with Crippen LogP contribution < -0.4 is 5.32 Å². The molecule has 0 spiro atoms. The fraction of sp³-hybridized carbons (Fsp3) is 0.350. The average molecular weight is 405 g/mol. The monoisotopic (exact) mass is 404 g/mol. The van der Waals surface area contributed by atoms with E-state index in [1.807, 2.05) is 42.5 Å². The maximum atomic E-state index is 12.2. The molecule has 2 rings (SSSR count). The van der Waals surface area contributed by atoms with Crippen LogP contribution in [0.4, 0.5) is 0 Å².